The monoisotopic (exact) mass is 252 g/mol. The summed E-state index contributed by atoms with van der Waals surface area (Å²) in [5.41, 5.74) is 0. The van der Waals surface area contributed by atoms with Crippen LogP contribution in [0.25, 0.3) is 0 Å². The summed E-state index contributed by atoms with van der Waals surface area (Å²) in [4.78, 5) is 18.4. The van der Waals surface area contributed by atoms with Gasteiger partial charge in [0.05, 0.1) is 6.61 Å². The fraction of sp³-hybridized carbons (Fsp3) is 0.750. The molecule has 1 amide bonds. The van der Waals surface area contributed by atoms with Crippen molar-refractivity contribution in [3.63, 3.8) is 0 Å². The molecule has 0 unspecified atom stereocenters. The quantitative estimate of drug-likeness (QED) is 0.825. The van der Waals surface area contributed by atoms with E-state index in [1.54, 1.807) is 7.11 Å². The molecule has 100 valence electrons. The lowest BCUT2D eigenvalue weighted by Gasteiger charge is -2.20. The summed E-state index contributed by atoms with van der Waals surface area (Å²) in [6.07, 6.45) is 2.13. The van der Waals surface area contributed by atoms with Gasteiger partial charge in [0.15, 0.2) is 0 Å². The predicted octanol–water partition coefficient (Wildman–Crippen LogP) is 1.18. The molecule has 0 spiro atoms. The Morgan fingerprint density at radius 2 is 2.28 bits per heavy atom. The molecule has 0 bridgehead atoms. The first-order valence-corrected chi connectivity index (χ1v) is 6.35. The van der Waals surface area contributed by atoms with E-state index >= 15 is 0 Å². The van der Waals surface area contributed by atoms with Crippen LogP contribution in [0.4, 0.5) is 0 Å². The van der Waals surface area contributed by atoms with Crippen LogP contribution in [0.5, 0.6) is 0 Å². The first-order chi connectivity index (χ1) is 8.63. The molecule has 1 N–H and O–H groups in total. The van der Waals surface area contributed by atoms with E-state index in [1.165, 1.54) is 0 Å². The lowest BCUT2D eigenvalue weighted by atomic mass is 10.2. The second-order valence-corrected chi connectivity index (χ2v) is 4.92. The molecular weight excluding hydrogens is 232 g/mol. The Bertz CT molecular complexity index is 412. The highest BCUT2D eigenvalue weighted by Crippen LogP contribution is 2.27. The maximum atomic E-state index is 12.3. The second-order valence-electron chi connectivity index (χ2n) is 4.92. The Balaban J connectivity index is 2.06. The van der Waals surface area contributed by atoms with Gasteiger partial charge >= 0.3 is 0 Å². The van der Waals surface area contributed by atoms with Gasteiger partial charge in [-0.3, -0.25) is 9.89 Å². The van der Waals surface area contributed by atoms with Gasteiger partial charge in [-0.1, -0.05) is 13.8 Å². The number of hydrogen-bond donors (Lipinski definition) is 1. The maximum absolute atomic E-state index is 12.3. The zero-order valence-electron chi connectivity index (χ0n) is 11.1. The van der Waals surface area contributed by atoms with Gasteiger partial charge in [-0.2, -0.15) is 0 Å². The highest BCUT2D eigenvalue weighted by molar-refractivity contribution is 5.90. The average Bonchev–Trinajstić information content (AvgIpc) is 3.05. The Kier molecular flexibility index (Phi) is 3.96. The van der Waals surface area contributed by atoms with Gasteiger partial charge in [-0.05, 0) is 12.8 Å². The maximum Gasteiger partial charge on any atom is 0.293 e. The number of H-pyrrole nitrogens is 1. The van der Waals surface area contributed by atoms with Crippen LogP contribution in [0, 0.1) is 0 Å². The van der Waals surface area contributed by atoms with Gasteiger partial charge in [-0.15, -0.1) is 5.10 Å². The lowest BCUT2D eigenvalue weighted by Crippen LogP contribution is -2.36. The number of nitrogens with one attached hydrogen (secondary N) is 1. The van der Waals surface area contributed by atoms with E-state index in [0.717, 1.165) is 18.7 Å². The number of rotatable bonds is 6. The van der Waals surface area contributed by atoms with Crippen molar-refractivity contribution in [2.45, 2.75) is 38.6 Å². The molecule has 1 fully saturated rings. The topological polar surface area (TPSA) is 71.1 Å². The number of hydrogen-bond acceptors (Lipinski definition) is 4. The molecule has 1 aliphatic carbocycles. The van der Waals surface area contributed by atoms with Gasteiger partial charge in [0, 0.05) is 25.6 Å². The van der Waals surface area contributed by atoms with Gasteiger partial charge < -0.3 is 9.64 Å². The molecule has 1 aromatic rings. The van der Waals surface area contributed by atoms with Crippen molar-refractivity contribution in [2.24, 2.45) is 0 Å². The number of nitrogens with zero attached hydrogens (tertiary/aromatic N) is 3. The van der Waals surface area contributed by atoms with Crippen molar-refractivity contribution in [2.75, 3.05) is 20.3 Å². The summed E-state index contributed by atoms with van der Waals surface area (Å²) < 4.78 is 5.04. The zero-order chi connectivity index (χ0) is 13.1. The van der Waals surface area contributed by atoms with Crippen LogP contribution in [0.2, 0.25) is 0 Å². The molecule has 18 heavy (non-hydrogen) atoms. The third kappa shape index (κ3) is 2.87. The van der Waals surface area contributed by atoms with Gasteiger partial charge in [0.1, 0.15) is 5.82 Å². The fourth-order valence-corrected chi connectivity index (χ4v) is 1.78. The zero-order valence-corrected chi connectivity index (χ0v) is 11.1. The van der Waals surface area contributed by atoms with Crippen molar-refractivity contribution in [3.8, 4) is 0 Å². The Morgan fingerprint density at radius 1 is 1.56 bits per heavy atom. The van der Waals surface area contributed by atoms with Crippen LogP contribution in [0.1, 0.15) is 49.1 Å². The summed E-state index contributed by atoms with van der Waals surface area (Å²) in [6, 6.07) is 0.341. The van der Waals surface area contributed by atoms with E-state index in [2.05, 4.69) is 15.2 Å². The van der Waals surface area contributed by atoms with Crippen molar-refractivity contribution in [1.29, 1.82) is 0 Å². The van der Waals surface area contributed by atoms with Crippen LogP contribution in [-0.4, -0.2) is 52.3 Å². The molecule has 1 saturated carbocycles. The summed E-state index contributed by atoms with van der Waals surface area (Å²) in [5, 5.41) is 6.82. The Labute approximate surface area is 107 Å². The van der Waals surface area contributed by atoms with Gasteiger partial charge in [-0.25, -0.2) is 4.98 Å². The smallest absolute Gasteiger partial charge is 0.293 e. The molecule has 0 atom stereocenters. The van der Waals surface area contributed by atoms with Crippen LogP contribution in [0.15, 0.2) is 0 Å². The standard InChI is InChI=1S/C12H20N4O2/c1-8(2)10-13-11(15-14-10)12(17)16(6-7-18-3)9-4-5-9/h8-9H,4-7H2,1-3H3,(H,13,14,15). The van der Waals surface area contributed by atoms with E-state index < -0.39 is 0 Å². The number of amides is 1. The molecule has 1 aliphatic rings. The molecule has 6 nitrogen and oxygen atoms in total. The van der Waals surface area contributed by atoms with Gasteiger partial charge in [0.25, 0.3) is 5.91 Å². The van der Waals surface area contributed by atoms with Crippen molar-refractivity contribution in [3.05, 3.63) is 11.6 Å². The minimum Gasteiger partial charge on any atom is -0.383 e. The third-order valence-corrected chi connectivity index (χ3v) is 3.03. The molecule has 1 heterocycles. The van der Waals surface area contributed by atoms with E-state index in [4.69, 9.17) is 4.74 Å². The molecule has 0 radical (unpaired) electrons. The van der Waals surface area contributed by atoms with Crippen molar-refractivity contribution >= 4 is 5.91 Å². The molecular formula is C12H20N4O2. The third-order valence-electron chi connectivity index (χ3n) is 3.03. The van der Waals surface area contributed by atoms with Crippen LogP contribution in [-0.2, 0) is 4.74 Å². The number of ether oxygens (including phenoxy) is 1. The Morgan fingerprint density at radius 3 is 2.78 bits per heavy atom. The first kappa shape index (κ1) is 13.0. The van der Waals surface area contributed by atoms with Gasteiger partial charge in [0.2, 0.25) is 5.82 Å². The molecule has 0 aromatic carbocycles. The van der Waals surface area contributed by atoms with Crippen LogP contribution >= 0.6 is 0 Å². The minimum atomic E-state index is -0.0994. The predicted molar refractivity (Wildman–Crippen MR) is 66.4 cm³/mol. The summed E-state index contributed by atoms with van der Waals surface area (Å²) in [5.74, 6) is 1.16. The fourth-order valence-electron chi connectivity index (χ4n) is 1.78. The normalized spacial score (nSPS) is 15.1. The number of carbonyl (C=O) groups excluding carboxylic acids is 1. The number of aromatic amines is 1. The van der Waals surface area contributed by atoms with E-state index in [0.29, 0.717) is 19.2 Å². The molecule has 1 aromatic heterocycles. The highest BCUT2D eigenvalue weighted by atomic mass is 16.5. The highest BCUT2D eigenvalue weighted by Gasteiger charge is 2.34. The van der Waals surface area contributed by atoms with Crippen molar-refractivity contribution in [1.82, 2.24) is 20.1 Å². The number of methoxy groups -OCH3 is 1. The van der Waals surface area contributed by atoms with E-state index in [1.807, 2.05) is 18.7 Å². The lowest BCUT2D eigenvalue weighted by molar-refractivity contribution is 0.0668. The number of aromatic nitrogens is 3. The van der Waals surface area contributed by atoms with Crippen LogP contribution < -0.4 is 0 Å². The Hall–Kier alpha value is -1.43. The van der Waals surface area contributed by atoms with Crippen LogP contribution in [0.3, 0.4) is 0 Å². The summed E-state index contributed by atoms with van der Waals surface area (Å²) >= 11 is 0. The molecule has 6 heteroatoms. The molecule has 0 aliphatic heterocycles. The first-order valence-electron chi connectivity index (χ1n) is 6.35. The largest absolute Gasteiger partial charge is 0.383 e. The molecule has 0 saturated heterocycles. The van der Waals surface area contributed by atoms with E-state index in [-0.39, 0.29) is 17.6 Å². The summed E-state index contributed by atoms with van der Waals surface area (Å²) in [7, 11) is 1.64. The van der Waals surface area contributed by atoms with E-state index in [9.17, 15) is 4.79 Å². The molecule has 2 rings (SSSR count). The SMILES string of the molecule is COCCN(C(=O)c1n[nH]c(C(C)C)n1)C1CC1. The second kappa shape index (κ2) is 5.48. The minimum absolute atomic E-state index is 0.0994. The van der Waals surface area contributed by atoms with Crippen molar-refractivity contribution < 1.29 is 9.53 Å². The average molecular weight is 252 g/mol. The number of carbonyl (C=O) groups is 1. The summed E-state index contributed by atoms with van der Waals surface area (Å²) in [6.45, 7) is 5.17.